The lowest BCUT2D eigenvalue weighted by Gasteiger charge is -2.25. The summed E-state index contributed by atoms with van der Waals surface area (Å²) in [6.07, 6.45) is 7.82. The second-order valence-electron chi connectivity index (χ2n) is 6.02. The lowest BCUT2D eigenvalue weighted by Crippen LogP contribution is -2.28. The van der Waals surface area contributed by atoms with Crippen LogP contribution in [0.4, 0.5) is 0 Å². The van der Waals surface area contributed by atoms with Crippen LogP contribution >= 0.6 is 0 Å². The van der Waals surface area contributed by atoms with E-state index in [1.807, 2.05) is 0 Å². The van der Waals surface area contributed by atoms with Crippen molar-refractivity contribution in [3.05, 3.63) is 11.6 Å². The van der Waals surface area contributed by atoms with Crippen LogP contribution in [0.3, 0.4) is 0 Å². The largest absolute Gasteiger partial charge is 0.380 e. The number of ether oxygens (including phenoxy) is 1. The van der Waals surface area contributed by atoms with Gasteiger partial charge < -0.3 is 10.1 Å². The summed E-state index contributed by atoms with van der Waals surface area (Å²) in [5.74, 6) is 2.49. The van der Waals surface area contributed by atoms with E-state index in [-0.39, 0.29) is 0 Å². The van der Waals surface area contributed by atoms with Crippen LogP contribution in [0.1, 0.15) is 39.5 Å². The second-order valence-corrected chi connectivity index (χ2v) is 6.02. The van der Waals surface area contributed by atoms with Crippen LogP contribution in [0.5, 0.6) is 0 Å². The van der Waals surface area contributed by atoms with Gasteiger partial charge in [-0.2, -0.15) is 0 Å². The van der Waals surface area contributed by atoms with Crippen molar-refractivity contribution in [2.75, 3.05) is 26.3 Å². The summed E-state index contributed by atoms with van der Waals surface area (Å²) in [5.41, 5.74) is 1.57. The first-order valence-electron chi connectivity index (χ1n) is 7.20. The van der Waals surface area contributed by atoms with Crippen LogP contribution in [0, 0.1) is 17.8 Å². The summed E-state index contributed by atoms with van der Waals surface area (Å²) in [7, 11) is 0. The van der Waals surface area contributed by atoms with Crippen LogP contribution in [0.15, 0.2) is 11.6 Å². The van der Waals surface area contributed by atoms with Crippen molar-refractivity contribution in [2.24, 2.45) is 17.8 Å². The molecule has 0 aromatic heterocycles. The van der Waals surface area contributed by atoms with Gasteiger partial charge in [-0.05, 0) is 56.9 Å². The van der Waals surface area contributed by atoms with Gasteiger partial charge in [0.25, 0.3) is 0 Å². The minimum Gasteiger partial charge on any atom is -0.380 e. The summed E-state index contributed by atoms with van der Waals surface area (Å²) >= 11 is 0. The molecular weight excluding hydrogens is 210 g/mol. The Balaban J connectivity index is 1.48. The van der Waals surface area contributed by atoms with Gasteiger partial charge in [-0.25, -0.2) is 0 Å². The Morgan fingerprint density at radius 2 is 2.18 bits per heavy atom. The van der Waals surface area contributed by atoms with Crippen LogP contribution in [0.2, 0.25) is 0 Å². The zero-order valence-corrected chi connectivity index (χ0v) is 11.4. The molecule has 2 atom stereocenters. The normalized spacial score (nSPS) is 29.2. The van der Waals surface area contributed by atoms with Crippen molar-refractivity contribution in [1.29, 1.82) is 0 Å². The van der Waals surface area contributed by atoms with Crippen LogP contribution in [-0.2, 0) is 4.74 Å². The average Bonchev–Trinajstić information content (AvgIpc) is 3.05. The summed E-state index contributed by atoms with van der Waals surface area (Å²) in [6, 6.07) is 0. The molecule has 0 bridgehead atoms. The van der Waals surface area contributed by atoms with Gasteiger partial charge in [-0.1, -0.05) is 18.6 Å². The van der Waals surface area contributed by atoms with Crippen molar-refractivity contribution in [3.8, 4) is 0 Å². The van der Waals surface area contributed by atoms with Crippen LogP contribution in [-0.4, -0.2) is 26.3 Å². The lowest BCUT2D eigenvalue weighted by molar-refractivity contribution is 0.125. The van der Waals surface area contributed by atoms with E-state index in [4.69, 9.17) is 4.74 Å². The van der Waals surface area contributed by atoms with E-state index in [0.717, 1.165) is 44.1 Å². The highest BCUT2D eigenvalue weighted by Gasteiger charge is 2.21. The fourth-order valence-corrected chi connectivity index (χ4v) is 2.83. The zero-order chi connectivity index (χ0) is 12.1. The molecule has 0 heterocycles. The van der Waals surface area contributed by atoms with Crippen LogP contribution in [0.25, 0.3) is 0 Å². The maximum absolute atomic E-state index is 5.62. The summed E-state index contributed by atoms with van der Waals surface area (Å²) in [4.78, 5) is 0. The number of hydrogen-bond acceptors (Lipinski definition) is 2. The van der Waals surface area contributed by atoms with Crippen molar-refractivity contribution in [1.82, 2.24) is 5.32 Å². The summed E-state index contributed by atoms with van der Waals surface area (Å²) in [5, 5.41) is 3.54. The number of nitrogens with one attached hydrogen (secondary N) is 1. The third-order valence-electron chi connectivity index (χ3n) is 3.79. The Morgan fingerprint density at radius 3 is 2.88 bits per heavy atom. The molecule has 17 heavy (non-hydrogen) atoms. The highest BCUT2D eigenvalue weighted by atomic mass is 16.5. The zero-order valence-electron chi connectivity index (χ0n) is 11.4. The average molecular weight is 237 g/mol. The Kier molecular flexibility index (Phi) is 5.05. The molecule has 0 radical (unpaired) electrons. The Bertz CT molecular complexity index is 258. The number of rotatable bonds is 7. The Labute approximate surface area is 106 Å². The first-order chi connectivity index (χ1) is 8.24. The molecule has 1 fully saturated rings. The number of hydrogen-bond donors (Lipinski definition) is 1. The maximum Gasteiger partial charge on any atom is 0.0591 e. The second kappa shape index (κ2) is 6.55. The summed E-state index contributed by atoms with van der Waals surface area (Å²) in [6.45, 7) is 8.63. The monoisotopic (exact) mass is 237 g/mol. The smallest absolute Gasteiger partial charge is 0.0591 e. The molecule has 2 nitrogen and oxygen atoms in total. The molecule has 0 aliphatic heterocycles. The molecule has 2 heteroatoms. The quantitative estimate of drug-likeness (QED) is 0.543. The Morgan fingerprint density at radius 1 is 1.35 bits per heavy atom. The maximum atomic E-state index is 5.62. The van der Waals surface area contributed by atoms with E-state index < -0.39 is 0 Å². The van der Waals surface area contributed by atoms with Gasteiger partial charge in [-0.15, -0.1) is 0 Å². The van der Waals surface area contributed by atoms with Crippen LogP contribution < -0.4 is 5.32 Å². The Hall–Kier alpha value is -0.340. The molecule has 2 aliphatic carbocycles. The molecule has 0 aromatic carbocycles. The summed E-state index contributed by atoms with van der Waals surface area (Å²) < 4.78 is 5.62. The SMILES string of the molecule is CC1=CC(C)CC(CNCCOCC2CC2)C1. The van der Waals surface area contributed by atoms with Gasteiger partial charge in [0.15, 0.2) is 0 Å². The lowest BCUT2D eigenvalue weighted by atomic mass is 9.84. The first kappa shape index (κ1) is 13.1. The van der Waals surface area contributed by atoms with Crippen molar-refractivity contribution < 1.29 is 4.74 Å². The fourth-order valence-electron chi connectivity index (χ4n) is 2.83. The predicted molar refractivity (Wildman–Crippen MR) is 72.1 cm³/mol. The molecule has 0 amide bonds. The topological polar surface area (TPSA) is 21.3 Å². The minimum absolute atomic E-state index is 0.765. The third kappa shape index (κ3) is 5.22. The van der Waals surface area contributed by atoms with E-state index in [0.29, 0.717) is 0 Å². The first-order valence-corrected chi connectivity index (χ1v) is 7.20. The highest BCUT2D eigenvalue weighted by molar-refractivity contribution is 5.06. The van der Waals surface area contributed by atoms with E-state index in [1.54, 1.807) is 5.57 Å². The van der Waals surface area contributed by atoms with Gasteiger partial charge in [0.05, 0.1) is 6.61 Å². The van der Waals surface area contributed by atoms with E-state index in [2.05, 4.69) is 25.2 Å². The molecule has 0 saturated heterocycles. The van der Waals surface area contributed by atoms with Gasteiger partial charge in [0, 0.05) is 13.2 Å². The van der Waals surface area contributed by atoms with Gasteiger partial charge >= 0.3 is 0 Å². The van der Waals surface area contributed by atoms with Gasteiger partial charge in [0.1, 0.15) is 0 Å². The van der Waals surface area contributed by atoms with E-state index in [1.165, 1.54) is 25.7 Å². The molecular formula is C15H27NO. The van der Waals surface area contributed by atoms with E-state index in [9.17, 15) is 0 Å². The molecule has 98 valence electrons. The van der Waals surface area contributed by atoms with Crippen molar-refractivity contribution >= 4 is 0 Å². The molecule has 0 spiro atoms. The van der Waals surface area contributed by atoms with Gasteiger partial charge in [0.2, 0.25) is 0 Å². The molecule has 0 aromatic rings. The molecule has 2 rings (SSSR count). The van der Waals surface area contributed by atoms with Crippen molar-refractivity contribution in [2.45, 2.75) is 39.5 Å². The third-order valence-corrected chi connectivity index (χ3v) is 3.79. The predicted octanol–water partition coefficient (Wildman–Crippen LogP) is 3.00. The van der Waals surface area contributed by atoms with Crippen molar-refractivity contribution in [3.63, 3.8) is 0 Å². The molecule has 2 unspecified atom stereocenters. The fraction of sp³-hybridized carbons (Fsp3) is 0.867. The molecule has 1 N–H and O–H groups in total. The number of allylic oxidation sites excluding steroid dienone is 2. The van der Waals surface area contributed by atoms with Gasteiger partial charge in [-0.3, -0.25) is 0 Å². The van der Waals surface area contributed by atoms with E-state index >= 15 is 0 Å². The minimum atomic E-state index is 0.765. The standard InChI is InChI=1S/C15H27NO/c1-12-7-13(2)9-15(8-12)10-16-5-6-17-11-14-3-4-14/h7,12,14-16H,3-6,8-11H2,1-2H3. The highest BCUT2D eigenvalue weighted by Crippen LogP contribution is 2.28. The molecule has 2 aliphatic rings. The molecule has 1 saturated carbocycles.